The lowest BCUT2D eigenvalue weighted by Gasteiger charge is -2.31. The van der Waals surface area contributed by atoms with Crippen LogP contribution in [0.3, 0.4) is 0 Å². The van der Waals surface area contributed by atoms with Gasteiger partial charge < -0.3 is 24.8 Å². The maximum Gasteiger partial charge on any atom is 0.318 e. The lowest BCUT2D eigenvalue weighted by Crippen LogP contribution is -2.44. The first kappa shape index (κ1) is 22.5. The highest BCUT2D eigenvalue weighted by Gasteiger charge is 2.27. The van der Waals surface area contributed by atoms with E-state index in [0.29, 0.717) is 18.7 Å². The van der Waals surface area contributed by atoms with E-state index in [-0.39, 0.29) is 0 Å². The van der Waals surface area contributed by atoms with Crippen LogP contribution in [0, 0.1) is 6.92 Å². The molecule has 6 rings (SSSR count). The minimum Gasteiger partial charge on any atom is -0.462 e. The second-order valence-electron chi connectivity index (χ2n) is 10.2. The zero-order valence-electron chi connectivity index (χ0n) is 20.9. The Kier molecular flexibility index (Phi) is 6.20. The minimum absolute atomic E-state index is 0.442. The number of hydrogen-bond donors (Lipinski definition) is 2. The standard InChI is InChI=1S/C26H36N8O/c1-18-7-8-22-21(15-28-31-22)24(18)34-12-4-6-20-23(16-34)29-26(35-17-19-5-3-11-32(19)2)30-25(20)33-13-9-27-10-14-33/h7-8,15,19,27H,3-6,9-14,16-17H2,1-2H3,(H,28,31)/t19-/m0/s1. The van der Waals surface area contributed by atoms with Crippen molar-refractivity contribution in [2.45, 2.75) is 45.2 Å². The fraction of sp³-hybridized carbons (Fsp3) is 0.577. The van der Waals surface area contributed by atoms with Crippen LogP contribution in [0.1, 0.15) is 36.1 Å². The molecule has 3 aliphatic heterocycles. The number of anilines is 2. The number of H-pyrrole nitrogens is 1. The van der Waals surface area contributed by atoms with Gasteiger partial charge in [-0.2, -0.15) is 15.1 Å². The van der Waals surface area contributed by atoms with Crippen LogP contribution in [0.25, 0.3) is 10.9 Å². The maximum absolute atomic E-state index is 6.28. The van der Waals surface area contributed by atoms with Crippen molar-refractivity contribution in [2.24, 2.45) is 0 Å². The number of nitrogens with zero attached hydrogens (tertiary/aromatic N) is 6. The number of hydrogen-bond acceptors (Lipinski definition) is 8. The third-order valence-corrected chi connectivity index (χ3v) is 7.85. The van der Waals surface area contributed by atoms with Gasteiger partial charge in [0, 0.05) is 49.7 Å². The highest BCUT2D eigenvalue weighted by Crippen LogP contribution is 2.35. The van der Waals surface area contributed by atoms with Crippen molar-refractivity contribution in [3.63, 3.8) is 0 Å². The molecule has 35 heavy (non-hydrogen) atoms. The van der Waals surface area contributed by atoms with Gasteiger partial charge in [-0.25, -0.2) is 0 Å². The number of ether oxygens (including phenoxy) is 1. The Bertz CT molecular complexity index is 1190. The highest BCUT2D eigenvalue weighted by molar-refractivity contribution is 5.93. The molecule has 0 saturated carbocycles. The summed E-state index contributed by atoms with van der Waals surface area (Å²) in [7, 11) is 2.18. The number of fused-ring (bicyclic) bond motifs is 2. The summed E-state index contributed by atoms with van der Waals surface area (Å²) in [6, 6.07) is 5.26. The molecule has 0 spiro atoms. The predicted molar refractivity (Wildman–Crippen MR) is 138 cm³/mol. The summed E-state index contributed by atoms with van der Waals surface area (Å²) < 4.78 is 6.28. The second-order valence-corrected chi connectivity index (χ2v) is 10.2. The zero-order chi connectivity index (χ0) is 23.8. The molecule has 1 atom stereocenters. The van der Waals surface area contributed by atoms with Crippen LogP contribution in [0.5, 0.6) is 6.01 Å². The first-order chi connectivity index (χ1) is 17.2. The Labute approximate surface area is 206 Å². The van der Waals surface area contributed by atoms with E-state index in [2.05, 4.69) is 56.3 Å². The molecule has 0 amide bonds. The summed E-state index contributed by atoms with van der Waals surface area (Å²) in [5.74, 6) is 1.08. The Morgan fingerprint density at radius 1 is 1.06 bits per heavy atom. The fourth-order valence-electron chi connectivity index (χ4n) is 5.87. The van der Waals surface area contributed by atoms with Crippen LogP contribution in [0.4, 0.5) is 11.5 Å². The Morgan fingerprint density at radius 3 is 2.77 bits per heavy atom. The van der Waals surface area contributed by atoms with Crippen molar-refractivity contribution in [1.82, 2.24) is 30.4 Å². The van der Waals surface area contributed by atoms with Gasteiger partial charge in [-0.05, 0) is 57.8 Å². The summed E-state index contributed by atoms with van der Waals surface area (Å²) in [5, 5.41) is 12.1. The SMILES string of the molecule is Cc1ccc2[nH]ncc2c1N1CCCc2c(nc(OC[C@@H]3CCCN3C)nc2N2CCNCC2)C1. The van der Waals surface area contributed by atoms with E-state index < -0.39 is 0 Å². The highest BCUT2D eigenvalue weighted by atomic mass is 16.5. The van der Waals surface area contributed by atoms with Crippen molar-refractivity contribution >= 4 is 22.4 Å². The molecule has 3 aromatic rings. The lowest BCUT2D eigenvalue weighted by molar-refractivity contribution is 0.187. The largest absolute Gasteiger partial charge is 0.462 e. The molecule has 9 nitrogen and oxygen atoms in total. The monoisotopic (exact) mass is 476 g/mol. The molecule has 9 heteroatoms. The first-order valence-corrected chi connectivity index (χ1v) is 13.0. The van der Waals surface area contributed by atoms with Gasteiger partial charge in [0.05, 0.1) is 29.6 Å². The van der Waals surface area contributed by atoms with E-state index in [0.717, 1.165) is 75.7 Å². The number of rotatable bonds is 5. The van der Waals surface area contributed by atoms with E-state index in [4.69, 9.17) is 14.7 Å². The summed E-state index contributed by atoms with van der Waals surface area (Å²) in [6.45, 7) is 9.59. The van der Waals surface area contributed by atoms with Crippen molar-refractivity contribution in [3.8, 4) is 6.01 Å². The molecule has 0 bridgehead atoms. The van der Waals surface area contributed by atoms with E-state index in [9.17, 15) is 0 Å². The van der Waals surface area contributed by atoms with Gasteiger partial charge >= 0.3 is 6.01 Å². The average Bonchev–Trinajstić information content (AvgIpc) is 3.46. The molecule has 2 aromatic heterocycles. The number of benzene rings is 1. The Morgan fingerprint density at radius 2 is 1.94 bits per heavy atom. The van der Waals surface area contributed by atoms with Crippen LogP contribution in [-0.2, 0) is 13.0 Å². The van der Waals surface area contributed by atoms with Crippen molar-refractivity contribution in [2.75, 3.05) is 62.7 Å². The number of nitrogens with one attached hydrogen (secondary N) is 2. The molecule has 5 heterocycles. The van der Waals surface area contributed by atoms with Gasteiger partial charge in [0.2, 0.25) is 0 Å². The number of piperazine rings is 1. The number of aromatic amines is 1. The number of aryl methyl sites for hydroxylation is 1. The fourth-order valence-corrected chi connectivity index (χ4v) is 5.87. The van der Waals surface area contributed by atoms with E-state index in [1.54, 1.807) is 0 Å². The van der Waals surface area contributed by atoms with Gasteiger partial charge in [0.1, 0.15) is 12.4 Å². The van der Waals surface area contributed by atoms with Crippen LogP contribution in [0.2, 0.25) is 0 Å². The molecule has 2 N–H and O–H groups in total. The Hall–Kier alpha value is -2.91. The third-order valence-electron chi connectivity index (χ3n) is 7.85. The normalized spacial score (nSPS) is 21.4. The van der Waals surface area contributed by atoms with E-state index >= 15 is 0 Å². The molecule has 0 aliphatic carbocycles. The molecule has 0 unspecified atom stereocenters. The number of likely N-dealkylation sites (N-methyl/N-ethyl adjacent to an activating group) is 1. The Balaban J connectivity index is 1.36. The summed E-state index contributed by atoms with van der Waals surface area (Å²) >= 11 is 0. The smallest absolute Gasteiger partial charge is 0.318 e. The summed E-state index contributed by atoms with van der Waals surface area (Å²) in [5.41, 5.74) is 5.97. The van der Waals surface area contributed by atoms with Gasteiger partial charge in [0.15, 0.2) is 0 Å². The predicted octanol–water partition coefficient (Wildman–Crippen LogP) is 2.50. The zero-order valence-corrected chi connectivity index (χ0v) is 20.9. The van der Waals surface area contributed by atoms with Crippen molar-refractivity contribution < 1.29 is 4.74 Å². The van der Waals surface area contributed by atoms with E-state index in [1.165, 1.54) is 35.0 Å². The average molecular weight is 477 g/mol. The van der Waals surface area contributed by atoms with Crippen molar-refractivity contribution in [3.05, 3.63) is 35.2 Å². The molecule has 1 aromatic carbocycles. The molecule has 3 aliphatic rings. The molecule has 0 radical (unpaired) electrons. The molecule has 2 saturated heterocycles. The third kappa shape index (κ3) is 4.43. The van der Waals surface area contributed by atoms with E-state index in [1.807, 2.05) is 6.20 Å². The molecular weight excluding hydrogens is 440 g/mol. The van der Waals surface area contributed by atoms with Gasteiger partial charge in [-0.3, -0.25) is 5.10 Å². The van der Waals surface area contributed by atoms with Crippen LogP contribution >= 0.6 is 0 Å². The van der Waals surface area contributed by atoms with Gasteiger partial charge in [-0.15, -0.1) is 0 Å². The number of likely N-dealkylation sites (tertiary alicyclic amines) is 1. The molecule has 2 fully saturated rings. The first-order valence-electron chi connectivity index (χ1n) is 13.0. The van der Waals surface area contributed by atoms with Crippen LogP contribution < -0.4 is 19.9 Å². The molecular formula is C26H36N8O. The van der Waals surface area contributed by atoms with Crippen molar-refractivity contribution in [1.29, 1.82) is 0 Å². The van der Waals surface area contributed by atoms with Gasteiger partial charge in [-0.1, -0.05) is 6.07 Å². The maximum atomic E-state index is 6.28. The van der Waals surface area contributed by atoms with Gasteiger partial charge in [0.25, 0.3) is 0 Å². The van der Waals surface area contributed by atoms with Crippen LogP contribution in [-0.4, -0.2) is 84.0 Å². The lowest BCUT2D eigenvalue weighted by atomic mass is 10.1. The second kappa shape index (κ2) is 9.62. The quantitative estimate of drug-likeness (QED) is 0.581. The summed E-state index contributed by atoms with van der Waals surface area (Å²) in [4.78, 5) is 17.3. The van der Waals surface area contributed by atoms with Crippen LogP contribution in [0.15, 0.2) is 18.3 Å². The summed E-state index contributed by atoms with van der Waals surface area (Å²) in [6.07, 6.45) is 6.40. The number of aromatic nitrogens is 4. The minimum atomic E-state index is 0.442. The molecule has 186 valence electrons. The topological polar surface area (TPSA) is 85.4 Å².